The van der Waals surface area contributed by atoms with Gasteiger partial charge in [-0.2, -0.15) is 0 Å². The van der Waals surface area contributed by atoms with Crippen molar-refractivity contribution >= 4 is 34.5 Å². The molecule has 0 bridgehead atoms. The van der Waals surface area contributed by atoms with Crippen molar-refractivity contribution in [3.63, 3.8) is 0 Å². The van der Waals surface area contributed by atoms with Crippen LogP contribution in [0.3, 0.4) is 0 Å². The van der Waals surface area contributed by atoms with Crippen molar-refractivity contribution in [2.24, 2.45) is 0 Å². The first-order valence-electron chi connectivity index (χ1n) is 6.15. The average Bonchev–Trinajstić information content (AvgIpc) is 2.78. The molecule has 0 spiro atoms. The molecule has 2 rings (SSSR count). The topological polar surface area (TPSA) is 24.9 Å². The first-order valence-corrected chi connectivity index (χ1v) is 7.79. The Labute approximate surface area is 127 Å². The van der Waals surface area contributed by atoms with Gasteiger partial charge in [-0.3, -0.25) is 0 Å². The summed E-state index contributed by atoms with van der Waals surface area (Å²) in [5.74, 6) is 0. The van der Waals surface area contributed by atoms with Crippen LogP contribution in [-0.4, -0.2) is 11.5 Å². The molecule has 1 aromatic heterocycles. The molecule has 0 aliphatic heterocycles. The number of aromatic nitrogens is 1. The zero-order valence-electron chi connectivity index (χ0n) is 10.9. The maximum Gasteiger partial charge on any atom is 0.0897 e. The van der Waals surface area contributed by atoms with Crippen LogP contribution in [0.1, 0.15) is 29.2 Å². The molecule has 2 aromatic rings. The minimum atomic E-state index is 0.245. The van der Waals surface area contributed by atoms with Crippen LogP contribution < -0.4 is 5.32 Å². The number of aryl methyl sites for hydroxylation is 1. The molecule has 2 nitrogen and oxygen atoms in total. The van der Waals surface area contributed by atoms with E-state index in [1.54, 1.807) is 11.3 Å². The fourth-order valence-electron chi connectivity index (χ4n) is 1.84. The van der Waals surface area contributed by atoms with Crippen LogP contribution in [0.2, 0.25) is 10.0 Å². The molecular weight excluding hydrogens is 299 g/mol. The first kappa shape index (κ1) is 14.8. The van der Waals surface area contributed by atoms with Crippen LogP contribution in [-0.2, 0) is 6.42 Å². The highest BCUT2D eigenvalue weighted by Gasteiger charge is 2.07. The molecule has 0 aliphatic rings. The summed E-state index contributed by atoms with van der Waals surface area (Å²) in [5.41, 5.74) is 2.29. The van der Waals surface area contributed by atoms with Crippen molar-refractivity contribution < 1.29 is 0 Å². The number of nitrogens with one attached hydrogen (secondary N) is 1. The molecule has 0 aliphatic carbocycles. The Kier molecular flexibility index (Phi) is 5.22. The minimum Gasteiger partial charge on any atom is -0.310 e. The lowest BCUT2D eigenvalue weighted by Gasteiger charge is -2.14. The van der Waals surface area contributed by atoms with E-state index in [0.717, 1.165) is 29.2 Å². The van der Waals surface area contributed by atoms with Crippen molar-refractivity contribution in [1.82, 2.24) is 10.3 Å². The van der Waals surface area contributed by atoms with Crippen molar-refractivity contribution in [1.29, 1.82) is 0 Å². The second-order valence-electron chi connectivity index (χ2n) is 4.46. The highest BCUT2D eigenvalue weighted by Crippen LogP contribution is 2.25. The normalized spacial score (nSPS) is 12.6. The maximum atomic E-state index is 6.02. The molecule has 0 radical (unpaired) electrons. The predicted octanol–water partition coefficient (Wildman–Crippen LogP) is 4.65. The van der Waals surface area contributed by atoms with Gasteiger partial charge in [-0.1, -0.05) is 29.3 Å². The number of hydrogen-bond donors (Lipinski definition) is 1. The zero-order chi connectivity index (χ0) is 13.8. The molecule has 19 heavy (non-hydrogen) atoms. The largest absolute Gasteiger partial charge is 0.310 e. The molecule has 1 atom stereocenters. The molecule has 0 saturated heterocycles. The Balaban J connectivity index is 1.86. The van der Waals surface area contributed by atoms with Crippen LogP contribution in [0.5, 0.6) is 0 Å². The van der Waals surface area contributed by atoms with Gasteiger partial charge in [0.2, 0.25) is 0 Å². The predicted molar refractivity (Wildman–Crippen MR) is 83.4 cm³/mol. The Morgan fingerprint density at radius 1 is 1.32 bits per heavy atom. The smallest absolute Gasteiger partial charge is 0.0897 e. The number of halogens is 2. The van der Waals surface area contributed by atoms with Gasteiger partial charge >= 0.3 is 0 Å². The summed E-state index contributed by atoms with van der Waals surface area (Å²) in [6.45, 7) is 5.04. The summed E-state index contributed by atoms with van der Waals surface area (Å²) < 4.78 is 0. The monoisotopic (exact) mass is 314 g/mol. The van der Waals surface area contributed by atoms with Crippen molar-refractivity contribution in [3.8, 4) is 0 Å². The maximum absolute atomic E-state index is 6.02. The van der Waals surface area contributed by atoms with Gasteiger partial charge in [0.15, 0.2) is 0 Å². The zero-order valence-corrected chi connectivity index (χ0v) is 13.2. The van der Waals surface area contributed by atoms with Crippen molar-refractivity contribution in [2.75, 3.05) is 6.54 Å². The molecule has 1 N–H and O–H groups in total. The summed E-state index contributed by atoms with van der Waals surface area (Å²) >= 11 is 13.6. The Bertz CT molecular complexity index is 554. The van der Waals surface area contributed by atoms with E-state index in [-0.39, 0.29) is 6.04 Å². The molecule has 0 fully saturated rings. The molecule has 1 aromatic carbocycles. The van der Waals surface area contributed by atoms with E-state index in [1.807, 2.05) is 25.1 Å². The van der Waals surface area contributed by atoms with Gasteiger partial charge in [-0.25, -0.2) is 4.98 Å². The quantitative estimate of drug-likeness (QED) is 0.868. The molecule has 102 valence electrons. The molecule has 1 heterocycles. The first-order chi connectivity index (χ1) is 9.06. The van der Waals surface area contributed by atoms with Crippen molar-refractivity contribution in [2.45, 2.75) is 26.3 Å². The van der Waals surface area contributed by atoms with Gasteiger partial charge in [0.25, 0.3) is 0 Å². The van der Waals surface area contributed by atoms with Crippen LogP contribution in [0.4, 0.5) is 0 Å². The van der Waals surface area contributed by atoms with Gasteiger partial charge in [-0.15, -0.1) is 11.3 Å². The average molecular weight is 315 g/mol. The Morgan fingerprint density at radius 3 is 2.74 bits per heavy atom. The third-order valence-corrected chi connectivity index (χ3v) is 4.50. The van der Waals surface area contributed by atoms with Gasteiger partial charge in [0.1, 0.15) is 0 Å². The number of nitrogens with zero attached hydrogens (tertiary/aromatic N) is 1. The highest BCUT2D eigenvalue weighted by molar-refractivity contribution is 7.09. The molecular formula is C14H16Cl2N2S. The van der Waals surface area contributed by atoms with Crippen molar-refractivity contribution in [3.05, 3.63) is 49.9 Å². The highest BCUT2D eigenvalue weighted by atomic mass is 35.5. The summed E-state index contributed by atoms with van der Waals surface area (Å²) in [7, 11) is 0. The number of thiazole rings is 1. The Hall–Kier alpha value is -0.610. The summed E-state index contributed by atoms with van der Waals surface area (Å²) in [6, 6.07) is 5.99. The van der Waals surface area contributed by atoms with Crippen LogP contribution >= 0.6 is 34.5 Å². The van der Waals surface area contributed by atoms with E-state index in [0.29, 0.717) is 10.0 Å². The molecule has 1 unspecified atom stereocenters. The van der Waals surface area contributed by atoms with Gasteiger partial charge in [0.05, 0.1) is 20.7 Å². The fourth-order valence-corrected chi connectivity index (χ4v) is 2.79. The number of rotatable bonds is 5. The second-order valence-corrected chi connectivity index (χ2v) is 6.33. The molecule has 0 amide bonds. The molecule has 5 heteroatoms. The lowest BCUT2D eigenvalue weighted by Crippen LogP contribution is -2.21. The number of hydrogen-bond acceptors (Lipinski definition) is 3. The SMILES string of the molecule is Cc1nc(CCNC(C)c2ccc(Cl)c(Cl)c2)cs1. The third-order valence-electron chi connectivity index (χ3n) is 2.94. The van der Waals surface area contributed by atoms with Gasteiger partial charge in [0, 0.05) is 24.4 Å². The van der Waals surface area contributed by atoms with E-state index < -0.39 is 0 Å². The third kappa shape index (κ3) is 4.18. The summed E-state index contributed by atoms with van der Waals surface area (Å²) in [5, 5.41) is 7.89. The second kappa shape index (κ2) is 6.71. The number of benzene rings is 1. The van der Waals surface area contributed by atoms with E-state index >= 15 is 0 Å². The summed E-state index contributed by atoms with van der Waals surface area (Å²) in [6.07, 6.45) is 0.940. The lowest BCUT2D eigenvalue weighted by atomic mass is 10.1. The van der Waals surface area contributed by atoms with Gasteiger partial charge < -0.3 is 5.32 Å². The standard InChI is InChI=1S/C14H16Cl2N2S/c1-9(11-3-4-13(15)14(16)7-11)17-6-5-12-8-19-10(2)18-12/h3-4,7-9,17H,5-6H2,1-2H3. The van der Waals surface area contributed by atoms with E-state index in [1.165, 1.54) is 0 Å². The van der Waals surface area contributed by atoms with E-state index in [2.05, 4.69) is 22.6 Å². The molecule has 0 saturated carbocycles. The van der Waals surface area contributed by atoms with E-state index in [4.69, 9.17) is 23.2 Å². The van der Waals surface area contributed by atoms with Crippen LogP contribution in [0.25, 0.3) is 0 Å². The van der Waals surface area contributed by atoms with Gasteiger partial charge in [-0.05, 0) is 31.5 Å². The fraction of sp³-hybridized carbons (Fsp3) is 0.357. The van der Waals surface area contributed by atoms with E-state index in [9.17, 15) is 0 Å². The summed E-state index contributed by atoms with van der Waals surface area (Å²) in [4.78, 5) is 4.45. The lowest BCUT2D eigenvalue weighted by molar-refractivity contribution is 0.574. The minimum absolute atomic E-state index is 0.245. The van der Waals surface area contributed by atoms with Crippen LogP contribution in [0.15, 0.2) is 23.6 Å². The Morgan fingerprint density at radius 2 is 2.11 bits per heavy atom. The van der Waals surface area contributed by atoms with Crippen LogP contribution in [0, 0.1) is 6.92 Å².